The van der Waals surface area contributed by atoms with Gasteiger partial charge in [-0.2, -0.15) is 0 Å². The first kappa shape index (κ1) is 22.3. The molecule has 0 aliphatic carbocycles. The molecule has 0 radical (unpaired) electrons. The number of aromatic nitrogens is 2. The van der Waals surface area contributed by atoms with Crippen molar-refractivity contribution in [2.45, 2.75) is 25.6 Å². The normalized spacial score (nSPS) is 11.6. The summed E-state index contributed by atoms with van der Waals surface area (Å²) in [5.41, 5.74) is 0.789. The largest absolute Gasteiger partial charge is 0.439 e. The second kappa shape index (κ2) is 10.6. The summed E-state index contributed by atoms with van der Waals surface area (Å²) in [6.07, 6.45) is 1.59. The SMILES string of the molecule is Cc1cc(NC(=O)C(C)SCC(=O)NCc2ccc(Oc3ccc(F)cc3)nc2)no1. The lowest BCUT2D eigenvalue weighted by Crippen LogP contribution is -2.28. The molecule has 0 saturated carbocycles. The third-order valence-electron chi connectivity index (χ3n) is 4.04. The number of anilines is 1. The van der Waals surface area contributed by atoms with Crippen molar-refractivity contribution in [1.82, 2.24) is 15.5 Å². The summed E-state index contributed by atoms with van der Waals surface area (Å²) in [4.78, 5) is 28.4. The van der Waals surface area contributed by atoms with Crippen molar-refractivity contribution in [2.24, 2.45) is 0 Å². The number of benzene rings is 1. The number of ether oxygens (including phenoxy) is 1. The summed E-state index contributed by atoms with van der Waals surface area (Å²) < 4.78 is 23.3. The van der Waals surface area contributed by atoms with E-state index in [0.717, 1.165) is 5.56 Å². The van der Waals surface area contributed by atoms with Crippen LogP contribution in [0.1, 0.15) is 18.2 Å². The van der Waals surface area contributed by atoms with Gasteiger partial charge in [-0.1, -0.05) is 11.2 Å². The Morgan fingerprint density at radius 2 is 2.00 bits per heavy atom. The molecule has 162 valence electrons. The third-order valence-corrected chi connectivity index (χ3v) is 5.18. The average molecular weight is 444 g/mol. The molecular weight excluding hydrogens is 423 g/mol. The number of rotatable bonds is 9. The molecule has 1 aromatic carbocycles. The van der Waals surface area contributed by atoms with Crippen molar-refractivity contribution in [2.75, 3.05) is 11.1 Å². The van der Waals surface area contributed by atoms with Crippen molar-refractivity contribution >= 4 is 29.4 Å². The molecule has 2 heterocycles. The number of thioether (sulfide) groups is 1. The van der Waals surface area contributed by atoms with E-state index < -0.39 is 5.25 Å². The zero-order valence-corrected chi connectivity index (χ0v) is 17.7. The maximum Gasteiger partial charge on any atom is 0.238 e. The predicted molar refractivity (Wildman–Crippen MR) is 114 cm³/mol. The number of aryl methyl sites for hydroxylation is 1. The van der Waals surface area contributed by atoms with Crippen LogP contribution < -0.4 is 15.4 Å². The van der Waals surface area contributed by atoms with E-state index in [1.807, 2.05) is 0 Å². The zero-order chi connectivity index (χ0) is 22.2. The standard InChI is InChI=1S/C21H21FN4O4S/c1-13-9-18(26-30-13)25-21(28)14(2)31-12-19(27)23-10-15-3-8-20(24-11-15)29-17-6-4-16(22)5-7-17/h3-9,11,14H,10,12H2,1-2H3,(H,23,27)(H,25,26,28). The van der Waals surface area contributed by atoms with Gasteiger partial charge >= 0.3 is 0 Å². The van der Waals surface area contributed by atoms with Gasteiger partial charge in [0, 0.05) is 24.9 Å². The first-order valence-corrected chi connectivity index (χ1v) is 10.4. The number of carbonyl (C=O) groups is 2. The fraction of sp³-hybridized carbons (Fsp3) is 0.238. The first-order valence-electron chi connectivity index (χ1n) is 9.40. The Bertz CT molecular complexity index is 1020. The molecule has 0 aliphatic heterocycles. The lowest BCUT2D eigenvalue weighted by Gasteiger charge is -2.11. The van der Waals surface area contributed by atoms with Gasteiger partial charge in [-0.25, -0.2) is 9.37 Å². The monoisotopic (exact) mass is 444 g/mol. The number of amides is 2. The van der Waals surface area contributed by atoms with E-state index in [4.69, 9.17) is 9.26 Å². The Hall–Kier alpha value is -3.40. The fourth-order valence-corrected chi connectivity index (χ4v) is 3.09. The van der Waals surface area contributed by atoms with Gasteiger partial charge in [0.25, 0.3) is 0 Å². The summed E-state index contributed by atoms with van der Waals surface area (Å²) in [5, 5.41) is 8.68. The predicted octanol–water partition coefficient (Wildman–Crippen LogP) is 3.69. The van der Waals surface area contributed by atoms with Crippen LogP contribution in [0.5, 0.6) is 11.6 Å². The Morgan fingerprint density at radius 3 is 2.65 bits per heavy atom. The summed E-state index contributed by atoms with van der Waals surface area (Å²) in [6.45, 7) is 3.73. The van der Waals surface area contributed by atoms with Gasteiger partial charge in [-0.3, -0.25) is 9.59 Å². The number of nitrogens with zero attached hydrogens (tertiary/aromatic N) is 2. The molecule has 2 amide bonds. The molecule has 2 aromatic heterocycles. The van der Waals surface area contributed by atoms with Gasteiger partial charge < -0.3 is 19.9 Å². The number of hydrogen-bond acceptors (Lipinski definition) is 7. The fourth-order valence-electron chi connectivity index (χ4n) is 2.38. The summed E-state index contributed by atoms with van der Waals surface area (Å²) >= 11 is 1.21. The van der Waals surface area contributed by atoms with E-state index in [-0.39, 0.29) is 23.4 Å². The Labute approximate surface area is 182 Å². The molecule has 0 fully saturated rings. The van der Waals surface area contributed by atoms with Gasteiger partial charge in [0.2, 0.25) is 17.7 Å². The number of carbonyl (C=O) groups excluding carboxylic acids is 2. The number of halogens is 1. The Kier molecular flexibility index (Phi) is 7.60. The minimum Gasteiger partial charge on any atom is -0.439 e. The smallest absolute Gasteiger partial charge is 0.238 e. The van der Waals surface area contributed by atoms with Crippen LogP contribution in [0.2, 0.25) is 0 Å². The first-order chi connectivity index (χ1) is 14.9. The van der Waals surface area contributed by atoms with Crippen LogP contribution in [-0.2, 0) is 16.1 Å². The van der Waals surface area contributed by atoms with Crippen LogP contribution in [0, 0.1) is 12.7 Å². The third kappa shape index (κ3) is 7.10. The molecule has 10 heteroatoms. The molecule has 8 nitrogen and oxygen atoms in total. The van der Waals surface area contributed by atoms with Gasteiger partial charge in [0.05, 0.1) is 11.0 Å². The van der Waals surface area contributed by atoms with Crippen LogP contribution in [0.25, 0.3) is 0 Å². The molecular formula is C21H21FN4O4S. The highest BCUT2D eigenvalue weighted by atomic mass is 32.2. The minimum absolute atomic E-state index is 0.131. The maximum atomic E-state index is 12.9. The Balaban J connectivity index is 1.38. The average Bonchev–Trinajstić information content (AvgIpc) is 3.17. The molecule has 0 saturated heterocycles. The van der Waals surface area contributed by atoms with Crippen molar-refractivity contribution in [1.29, 1.82) is 0 Å². The number of pyridine rings is 1. The van der Waals surface area contributed by atoms with Gasteiger partial charge in [0.1, 0.15) is 17.3 Å². The van der Waals surface area contributed by atoms with E-state index in [2.05, 4.69) is 20.8 Å². The number of hydrogen-bond donors (Lipinski definition) is 2. The minimum atomic E-state index is -0.438. The lowest BCUT2D eigenvalue weighted by molar-refractivity contribution is -0.118. The van der Waals surface area contributed by atoms with Crippen molar-refractivity contribution < 1.29 is 23.2 Å². The molecule has 0 spiro atoms. The van der Waals surface area contributed by atoms with Crippen molar-refractivity contribution in [3.05, 3.63) is 65.8 Å². The summed E-state index contributed by atoms with van der Waals surface area (Å²) in [5.74, 6) is 1.11. The van der Waals surface area contributed by atoms with Crippen LogP contribution in [0.4, 0.5) is 10.2 Å². The molecule has 2 N–H and O–H groups in total. The second-order valence-electron chi connectivity index (χ2n) is 6.60. The molecule has 31 heavy (non-hydrogen) atoms. The molecule has 3 aromatic rings. The highest BCUT2D eigenvalue weighted by Crippen LogP contribution is 2.19. The van der Waals surface area contributed by atoms with E-state index in [9.17, 15) is 14.0 Å². The molecule has 0 aliphatic rings. The second-order valence-corrected chi connectivity index (χ2v) is 7.93. The number of nitrogens with one attached hydrogen (secondary N) is 2. The highest BCUT2D eigenvalue weighted by Gasteiger charge is 2.16. The van der Waals surface area contributed by atoms with Crippen molar-refractivity contribution in [3.8, 4) is 11.6 Å². The van der Waals surface area contributed by atoms with E-state index in [1.54, 1.807) is 38.2 Å². The lowest BCUT2D eigenvalue weighted by atomic mass is 10.3. The topological polar surface area (TPSA) is 106 Å². The van der Waals surface area contributed by atoms with Gasteiger partial charge in [0.15, 0.2) is 5.82 Å². The van der Waals surface area contributed by atoms with Gasteiger partial charge in [-0.15, -0.1) is 11.8 Å². The van der Waals surface area contributed by atoms with E-state index >= 15 is 0 Å². The zero-order valence-electron chi connectivity index (χ0n) is 16.9. The highest BCUT2D eigenvalue weighted by molar-refractivity contribution is 8.01. The van der Waals surface area contributed by atoms with Gasteiger partial charge in [-0.05, 0) is 43.7 Å². The summed E-state index contributed by atoms with van der Waals surface area (Å²) in [6, 6.07) is 10.7. The van der Waals surface area contributed by atoms with E-state index in [1.165, 1.54) is 36.0 Å². The molecule has 1 atom stereocenters. The molecule has 3 rings (SSSR count). The van der Waals surface area contributed by atoms with Crippen LogP contribution in [-0.4, -0.2) is 33.0 Å². The quantitative estimate of drug-likeness (QED) is 0.518. The molecule has 1 unspecified atom stereocenters. The van der Waals surface area contributed by atoms with Crippen LogP contribution in [0.15, 0.2) is 53.2 Å². The van der Waals surface area contributed by atoms with Crippen molar-refractivity contribution in [3.63, 3.8) is 0 Å². The van der Waals surface area contributed by atoms with E-state index in [0.29, 0.717) is 29.8 Å². The van der Waals surface area contributed by atoms with Crippen LogP contribution in [0.3, 0.4) is 0 Å². The molecule has 0 bridgehead atoms. The maximum absolute atomic E-state index is 12.9. The van der Waals surface area contributed by atoms with Crippen LogP contribution >= 0.6 is 11.8 Å². The Morgan fingerprint density at radius 1 is 1.23 bits per heavy atom. The summed E-state index contributed by atoms with van der Waals surface area (Å²) in [7, 11) is 0.